The topological polar surface area (TPSA) is 6.48 Å². The van der Waals surface area contributed by atoms with Gasteiger partial charge in [-0.05, 0) is 118 Å². The Morgan fingerprint density at radius 3 is 1.96 bits per heavy atom. The van der Waals surface area contributed by atoms with Crippen LogP contribution >= 0.6 is 0 Å². The van der Waals surface area contributed by atoms with Crippen molar-refractivity contribution in [2.24, 2.45) is 5.41 Å². The molecule has 0 heterocycles. The molecule has 2 nitrogen and oxygen atoms in total. The average molecular weight is 587 g/mol. The Bertz CT molecular complexity index is 1890. The van der Waals surface area contributed by atoms with Crippen LogP contribution in [0.15, 0.2) is 150 Å². The molecule has 4 aromatic rings. The van der Waals surface area contributed by atoms with Gasteiger partial charge in [0, 0.05) is 33.7 Å². The third kappa shape index (κ3) is 5.19. The average Bonchev–Trinajstić information content (AvgIpc) is 3.02. The highest BCUT2D eigenvalue weighted by atomic mass is 15.2. The van der Waals surface area contributed by atoms with E-state index in [4.69, 9.17) is 0 Å². The van der Waals surface area contributed by atoms with Gasteiger partial charge in [0.2, 0.25) is 0 Å². The van der Waals surface area contributed by atoms with E-state index < -0.39 is 0 Å². The Labute approximate surface area is 269 Å². The second-order valence-corrected chi connectivity index (χ2v) is 13.1. The molecule has 2 unspecified atom stereocenters. The van der Waals surface area contributed by atoms with Crippen LogP contribution in [-0.2, 0) is 0 Å². The van der Waals surface area contributed by atoms with Gasteiger partial charge in [-0.2, -0.15) is 0 Å². The molecule has 0 N–H and O–H groups in total. The summed E-state index contributed by atoms with van der Waals surface area (Å²) in [5.74, 6) is 0. The maximum atomic E-state index is 2.62. The third-order valence-corrected chi connectivity index (χ3v) is 9.58. The maximum absolute atomic E-state index is 2.62. The summed E-state index contributed by atoms with van der Waals surface area (Å²) in [7, 11) is 0. The summed E-state index contributed by atoms with van der Waals surface area (Å²) >= 11 is 0. The first-order chi connectivity index (χ1) is 21.8. The van der Waals surface area contributed by atoms with E-state index in [1.165, 1.54) is 67.4 Å². The molecule has 45 heavy (non-hydrogen) atoms. The van der Waals surface area contributed by atoms with Crippen molar-refractivity contribution in [3.8, 4) is 0 Å². The molecule has 3 aliphatic carbocycles. The zero-order valence-electron chi connectivity index (χ0n) is 27.1. The van der Waals surface area contributed by atoms with Crippen molar-refractivity contribution in [3.05, 3.63) is 178 Å². The van der Waals surface area contributed by atoms with Gasteiger partial charge in [0.25, 0.3) is 0 Å². The van der Waals surface area contributed by atoms with Gasteiger partial charge >= 0.3 is 0 Å². The van der Waals surface area contributed by atoms with Crippen molar-refractivity contribution in [2.45, 2.75) is 53.5 Å². The molecule has 0 saturated carbocycles. The molecule has 224 valence electrons. The standard InChI is InChI=1S/C43H42N2/c1-30-14-10-18-34(26-30)44(35-19-11-15-31(2)27-35)41-38-22-6-7-23-39(38)42(43(5)25-9-8-24-40(41)43)45(36-20-12-16-32(3)28-36)37-21-13-17-33(4)29-37/h6-12,14-16,18-29,42H,13,17H2,1-5H3. The van der Waals surface area contributed by atoms with Gasteiger partial charge in [0.1, 0.15) is 0 Å². The molecule has 7 rings (SSSR count). The third-order valence-electron chi connectivity index (χ3n) is 9.58. The number of rotatable bonds is 6. The smallest absolute Gasteiger partial charge is 0.0727 e. The summed E-state index contributed by atoms with van der Waals surface area (Å²) in [6, 6.07) is 36.0. The molecular formula is C43H42N2. The fourth-order valence-corrected chi connectivity index (χ4v) is 7.48. The van der Waals surface area contributed by atoms with Gasteiger partial charge in [-0.1, -0.05) is 96.6 Å². The number of allylic oxidation sites excluding steroid dienone is 6. The van der Waals surface area contributed by atoms with Crippen LogP contribution in [0.3, 0.4) is 0 Å². The number of fused-ring (bicyclic) bond motifs is 2. The molecule has 3 aliphatic rings. The molecule has 0 radical (unpaired) electrons. The molecule has 4 aromatic carbocycles. The predicted octanol–water partition coefficient (Wildman–Crippen LogP) is 11.5. The minimum Gasteiger partial charge on any atom is -0.333 e. The lowest BCUT2D eigenvalue weighted by atomic mass is 9.64. The fourth-order valence-electron chi connectivity index (χ4n) is 7.48. The SMILES string of the molecule is CC1=CC(N(c2cccc(C)c2)C2c3ccccc3C(N(c3cccc(C)c3)c3cccc(C)c3)=C3C=CC=CC32C)=CCC1. The van der Waals surface area contributed by atoms with E-state index in [0.717, 1.165) is 12.8 Å². The first-order valence-corrected chi connectivity index (χ1v) is 16.2. The van der Waals surface area contributed by atoms with Crippen LogP contribution in [-0.4, -0.2) is 0 Å². The summed E-state index contributed by atoms with van der Waals surface area (Å²) in [5, 5.41) is 0. The normalized spacial score (nSPS) is 20.2. The van der Waals surface area contributed by atoms with Crippen molar-refractivity contribution in [3.63, 3.8) is 0 Å². The molecule has 0 aliphatic heterocycles. The quantitative estimate of drug-likeness (QED) is 0.222. The minimum atomic E-state index is -0.325. The van der Waals surface area contributed by atoms with E-state index in [-0.39, 0.29) is 11.5 Å². The van der Waals surface area contributed by atoms with Crippen molar-refractivity contribution >= 4 is 22.8 Å². The van der Waals surface area contributed by atoms with Crippen LogP contribution in [0.4, 0.5) is 17.1 Å². The molecule has 0 saturated heterocycles. The Morgan fingerprint density at radius 2 is 1.31 bits per heavy atom. The lowest BCUT2D eigenvalue weighted by molar-refractivity contribution is 0.396. The first-order valence-electron chi connectivity index (χ1n) is 16.2. The van der Waals surface area contributed by atoms with Gasteiger partial charge in [-0.3, -0.25) is 0 Å². The van der Waals surface area contributed by atoms with Gasteiger partial charge < -0.3 is 9.80 Å². The highest BCUT2D eigenvalue weighted by Crippen LogP contribution is 2.58. The summed E-state index contributed by atoms with van der Waals surface area (Å²) in [6.07, 6.45) is 16.3. The van der Waals surface area contributed by atoms with Crippen molar-refractivity contribution in [2.75, 3.05) is 9.80 Å². The van der Waals surface area contributed by atoms with Gasteiger partial charge in [0.05, 0.1) is 11.7 Å². The zero-order valence-corrected chi connectivity index (χ0v) is 27.1. The first kappa shape index (κ1) is 28.9. The number of anilines is 3. The van der Waals surface area contributed by atoms with Crippen molar-refractivity contribution in [1.82, 2.24) is 0 Å². The monoisotopic (exact) mass is 586 g/mol. The van der Waals surface area contributed by atoms with Crippen LogP contribution in [0.5, 0.6) is 0 Å². The number of benzene rings is 4. The number of hydrogen-bond donors (Lipinski definition) is 0. The van der Waals surface area contributed by atoms with Crippen molar-refractivity contribution < 1.29 is 0 Å². The second-order valence-electron chi connectivity index (χ2n) is 13.1. The van der Waals surface area contributed by atoms with Crippen LogP contribution in [0.1, 0.15) is 60.5 Å². The molecular weight excluding hydrogens is 544 g/mol. The molecule has 0 amide bonds. The summed E-state index contributed by atoms with van der Waals surface area (Å²) in [5.41, 5.74) is 14.9. The van der Waals surface area contributed by atoms with Crippen LogP contribution in [0.2, 0.25) is 0 Å². The predicted molar refractivity (Wildman–Crippen MR) is 192 cm³/mol. The van der Waals surface area contributed by atoms with E-state index in [0.29, 0.717) is 0 Å². The van der Waals surface area contributed by atoms with Gasteiger partial charge in [0.15, 0.2) is 0 Å². The van der Waals surface area contributed by atoms with Crippen LogP contribution < -0.4 is 9.80 Å². The van der Waals surface area contributed by atoms with Gasteiger partial charge in [-0.25, -0.2) is 0 Å². The number of hydrogen-bond acceptors (Lipinski definition) is 2. The largest absolute Gasteiger partial charge is 0.333 e. The lowest BCUT2D eigenvalue weighted by Crippen LogP contribution is -2.44. The number of aryl methyl sites for hydroxylation is 3. The Morgan fingerprint density at radius 1 is 0.689 bits per heavy atom. The van der Waals surface area contributed by atoms with E-state index in [2.05, 4.69) is 178 Å². The lowest BCUT2D eigenvalue weighted by Gasteiger charge is -2.51. The number of nitrogens with zero attached hydrogens (tertiary/aromatic N) is 2. The summed E-state index contributed by atoms with van der Waals surface area (Å²) < 4.78 is 0. The molecule has 0 bridgehead atoms. The van der Waals surface area contributed by atoms with Crippen molar-refractivity contribution in [1.29, 1.82) is 0 Å². The molecule has 2 heteroatoms. The highest BCUT2D eigenvalue weighted by molar-refractivity contribution is 5.94. The second kappa shape index (κ2) is 11.6. The van der Waals surface area contributed by atoms with Crippen LogP contribution in [0, 0.1) is 26.2 Å². The van der Waals surface area contributed by atoms with Gasteiger partial charge in [-0.15, -0.1) is 0 Å². The molecule has 0 aromatic heterocycles. The zero-order chi connectivity index (χ0) is 31.1. The minimum absolute atomic E-state index is 0.0423. The Hall–Kier alpha value is -4.82. The summed E-state index contributed by atoms with van der Waals surface area (Å²) in [4.78, 5) is 5.12. The Kier molecular flexibility index (Phi) is 7.45. The van der Waals surface area contributed by atoms with E-state index in [1.54, 1.807) is 0 Å². The summed E-state index contributed by atoms with van der Waals surface area (Å²) in [6.45, 7) is 11.3. The fraction of sp³-hybridized carbons (Fsp3) is 0.209. The Balaban J connectivity index is 1.54. The molecule has 0 spiro atoms. The maximum Gasteiger partial charge on any atom is 0.0727 e. The molecule has 2 atom stereocenters. The molecule has 0 fully saturated rings. The van der Waals surface area contributed by atoms with E-state index >= 15 is 0 Å². The van der Waals surface area contributed by atoms with Crippen LogP contribution in [0.25, 0.3) is 5.70 Å². The highest BCUT2D eigenvalue weighted by Gasteiger charge is 2.48. The van der Waals surface area contributed by atoms with E-state index in [9.17, 15) is 0 Å². The van der Waals surface area contributed by atoms with E-state index in [1.807, 2.05) is 0 Å².